The zero-order chi connectivity index (χ0) is 21.5. The molecule has 3 rings (SSSR count). The van der Waals surface area contributed by atoms with Crippen molar-refractivity contribution in [2.45, 2.75) is 18.1 Å². The largest absolute Gasteiger partial charge is 0.493 e. The van der Waals surface area contributed by atoms with Crippen molar-refractivity contribution < 1.29 is 14.3 Å². The first kappa shape index (κ1) is 21.7. The molecule has 8 heteroatoms. The average molecular weight is 427 g/mol. The number of carbonyl (C=O) groups excluding carboxylic acids is 1. The van der Waals surface area contributed by atoms with E-state index in [1.54, 1.807) is 26.2 Å². The summed E-state index contributed by atoms with van der Waals surface area (Å²) in [5, 5.41) is 9.25. The van der Waals surface area contributed by atoms with E-state index in [2.05, 4.69) is 22.3 Å². The fourth-order valence-corrected chi connectivity index (χ4v) is 3.93. The molecule has 0 unspecified atom stereocenters. The van der Waals surface area contributed by atoms with E-state index < -0.39 is 0 Å². The number of hydrogen-bond acceptors (Lipinski definition) is 6. The van der Waals surface area contributed by atoms with E-state index in [1.807, 2.05) is 48.0 Å². The molecule has 2 aromatic carbocycles. The second-order valence-corrected chi connectivity index (χ2v) is 7.75. The number of aromatic nitrogens is 3. The molecule has 0 aliphatic heterocycles. The van der Waals surface area contributed by atoms with Gasteiger partial charge in [-0.15, -0.1) is 10.2 Å². The summed E-state index contributed by atoms with van der Waals surface area (Å²) in [7, 11) is 6.90. The number of thioether (sulfide) groups is 1. The lowest BCUT2D eigenvalue weighted by Gasteiger charge is -2.19. The maximum atomic E-state index is 12.7. The summed E-state index contributed by atoms with van der Waals surface area (Å²) in [6.07, 6.45) is 0.703. The molecule has 158 valence electrons. The van der Waals surface area contributed by atoms with Crippen LogP contribution in [0.3, 0.4) is 0 Å². The maximum absolute atomic E-state index is 12.7. The molecule has 1 heterocycles. The third-order valence-electron chi connectivity index (χ3n) is 4.77. The Kier molecular flexibility index (Phi) is 7.35. The molecule has 0 N–H and O–H groups in total. The van der Waals surface area contributed by atoms with E-state index in [-0.39, 0.29) is 11.7 Å². The Labute approximate surface area is 181 Å². The van der Waals surface area contributed by atoms with E-state index in [4.69, 9.17) is 9.47 Å². The van der Waals surface area contributed by atoms with E-state index in [1.165, 1.54) is 17.3 Å². The summed E-state index contributed by atoms with van der Waals surface area (Å²) in [5.41, 5.74) is 2.06. The van der Waals surface area contributed by atoms with Crippen LogP contribution >= 0.6 is 11.8 Å². The molecule has 1 amide bonds. The van der Waals surface area contributed by atoms with Crippen molar-refractivity contribution in [3.63, 3.8) is 0 Å². The van der Waals surface area contributed by atoms with Gasteiger partial charge in [-0.05, 0) is 11.6 Å². The van der Waals surface area contributed by atoms with Crippen LogP contribution in [0.2, 0.25) is 0 Å². The summed E-state index contributed by atoms with van der Waals surface area (Å²) in [4.78, 5) is 14.3. The molecule has 0 atom stereocenters. The second kappa shape index (κ2) is 10.2. The average Bonchev–Trinajstić information content (AvgIpc) is 3.11. The Hall–Kier alpha value is -3.00. The zero-order valence-corrected chi connectivity index (χ0v) is 18.5. The van der Waals surface area contributed by atoms with Gasteiger partial charge < -0.3 is 18.9 Å². The number of para-hydroxylation sites is 1. The van der Waals surface area contributed by atoms with E-state index in [9.17, 15) is 4.79 Å². The summed E-state index contributed by atoms with van der Waals surface area (Å²) in [5.74, 6) is 2.43. The van der Waals surface area contributed by atoms with Crippen molar-refractivity contribution in [2.75, 3.05) is 27.0 Å². The van der Waals surface area contributed by atoms with Crippen LogP contribution in [0.15, 0.2) is 53.7 Å². The van der Waals surface area contributed by atoms with Gasteiger partial charge in [0.15, 0.2) is 16.7 Å². The van der Waals surface area contributed by atoms with Crippen LogP contribution in [0, 0.1) is 0 Å². The molecular weight excluding hydrogens is 400 g/mol. The van der Waals surface area contributed by atoms with Crippen LogP contribution in [0.25, 0.3) is 0 Å². The highest BCUT2D eigenvalue weighted by atomic mass is 32.2. The number of ether oxygens (including phenoxy) is 2. The number of rotatable bonds is 9. The summed E-state index contributed by atoms with van der Waals surface area (Å²) < 4.78 is 12.7. The van der Waals surface area contributed by atoms with Crippen molar-refractivity contribution in [3.8, 4) is 11.5 Å². The van der Waals surface area contributed by atoms with Crippen LogP contribution in [0.5, 0.6) is 11.5 Å². The Bertz CT molecular complexity index is 991. The summed E-state index contributed by atoms with van der Waals surface area (Å²) in [6.45, 7) is 0.428. The molecule has 30 heavy (non-hydrogen) atoms. The van der Waals surface area contributed by atoms with Crippen LogP contribution in [-0.2, 0) is 24.8 Å². The highest BCUT2D eigenvalue weighted by molar-refractivity contribution is 7.99. The number of benzene rings is 2. The molecule has 1 aromatic heterocycles. The first-order chi connectivity index (χ1) is 14.5. The number of amides is 1. The van der Waals surface area contributed by atoms with Gasteiger partial charge >= 0.3 is 0 Å². The molecule has 0 radical (unpaired) electrons. The first-order valence-corrected chi connectivity index (χ1v) is 10.5. The number of nitrogens with zero attached hydrogens (tertiary/aromatic N) is 4. The molecule has 7 nitrogen and oxygen atoms in total. The SMILES string of the molecule is COc1cccc(CN(C)C(=O)CSc2nnc(Cc3ccccc3)n2C)c1OC. The van der Waals surface area contributed by atoms with E-state index in [0.29, 0.717) is 24.5 Å². The zero-order valence-electron chi connectivity index (χ0n) is 17.7. The normalized spacial score (nSPS) is 10.7. The monoisotopic (exact) mass is 426 g/mol. The van der Waals surface area contributed by atoms with Gasteiger partial charge in [0.05, 0.1) is 20.0 Å². The number of carbonyl (C=O) groups is 1. The Morgan fingerprint density at radius 3 is 2.53 bits per heavy atom. The predicted octanol–water partition coefficient (Wildman–Crippen LogP) is 3.17. The molecule has 0 saturated heterocycles. The van der Waals surface area contributed by atoms with Crippen molar-refractivity contribution >= 4 is 17.7 Å². The van der Waals surface area contributed by atoms with Crippen LogP contribution in [0.1, 0.15) is 17.0 Å². The van der Waals surface area contributed by atoms with Gasteiger partial charge in [-0.2, -0.15) is 0 Å². The van der Waals surface area contributed by atoms with Crippen molar-refractivity contribution in [2.24, 2.45) is 7.05 Å². The topological polar surface area (TPSA) is 69.5 Å². The van der Waals surface area contributed by atoms with Gasteiger partial charge in [0.2, 0.25) is 5.91 Å². The minimum atomic E-state index is -0.00233. The van der Waals surface area contributed by atoms with E-state index in [0.717, 1.165) is 16.5 Å². The first-order valence-electron chi connectivity index (χ1n) is 9.52. The van der Waals surface area contributed by atoms with Crippen LogP contribution in [-0.4, -0.2) is 52.6 Å². The maximum Gasteiger partial charge on any atom is 0.233 e. The van der Waals surface area contributed by atoms with Crippen molar-refractivity contribution in [1.29, 1.82) is 0 Å². The lowest BCUT2D eigenvalue weighted by Crippen LogP contribution is -2.28. The third kappa shape index (κ3) is 5.13. The summed E-state index contributed by atoms with van der Waals surface area (Å²) in [6, 6.07) is 15.8. The number of methoxy groups -OCH3 is 2. The standard InChI is InChI=1S/C22H26N4O3S/c1-25(14-17-11-8-12-18(28-3)21(17)29-4)20(27)15-30-22-24-23-19(26(22)2)13-16-9-6-5-7-10-16/h5-12H,13-15H2,1-4H3. The number of hydrogen-bond donors (Lipinski definition) is 0. The quantitative estimate of drug-likeness (QED) is 0.490. The van der Waals surface area contributed by atoms with Crippen LogP contribution < -0.4 is 9.47 Å². The molecule has 0 bridgehead atoms. The van der Waals surface area contributed by atoms with Crippen LogP contribution in [0.4, 0.5) is 0 Å². The van der Waals surface area contributed by atoms with Gasteiger partial charge in [-0.3, -0.25) is 4.79 Å². The van der Waals surface area contributed by atoms with Crippen molar-refractivity contribution in [1.82, 2.24) is 19.7 Å². The predicted molar refractivity (Wildman–Crippen MR) is 117 cm³/mol. The van der Waals surface area contributed by atoms with Gasteiger partial charge in [0.1, 0.15) is 5.82 Å². The Morgan fingerprint density at radius 1 is 1.07 bits per heavy atom. The smallest absolute Gasteiger partial charge is 0.233 e. The van der Waals surface area contributed by atoms with Gasteiger partial charge in [-0.25, -0.2) is 0 Å². The molecule has 3 aromatic rings. The molecule has 0 aliphatic rings. The fraction of sp³-hybridized carbons (Fsp3) is 0.318. The van der Waals surface area contributed by atoms with Gasteiger partial charge in [-0.1, -0.05) is 54.2 Å². The van der Waals surface area contributed by atoms with E-state index >= 15 is 0 Å². The lowest BCUT2D eigenvalue weighted by atomic mass is 10.1. The van der Waals surface area contributed by atoms with Crippen molar-refractivity contribution in [3.05, 3.63) is 65.5 Å². The van der Waals surface area contributed by atoms with Gasteiger partial charge in [0.25, 0.3) is 0 Å². The third-order valence-corrected chi connectivity index (χ3v) is 5.78. The minimum absolute atomic E-state index is 0.00233. The highest BCUT2D eigenvalue weighted by Gasteiger charge is 2.17. The molecular formula is C22H26N4O3S. The molecule has 0 fully saturated rings. The highest BCUT2D eigenvalue weighted by Crippen LogP contribution is 2.31. The minimum Gasteiger partial charge on any atom is -0.493 e. The Balaban J connectivity index is 1.59. The molecule has 0 aliphatic carbocycles. The Morgan fingerprint density at radius 2 is 1.83 bits per heavy atom. The summed E-state index contributed by atoms with van der Waals surface area (Å²) >= 11 is 1.39. The van der Waals surface area contributed by atoms with Gasteiger partial charge in [0, 0.05) is 32.6 Å². The fourth-order valence-electron chi connectivity index (χ4n) is 3.06. The molecule has 0 saturated carbocycles. The lowest BCUT2D eigenvalue weighted by molar-refractivity contribution is -0.127. The second-order valence-electron chi connectivity index (χ2n) is 6.81. The molecule has 0 spiro atoms.